The van der Waals surface area contributed by atoms with Crippen LogP contribution in [-0.2, 0) is 0 Å². The lowest BCUT2D eigenvalue weighted by molar-refractivity contribution is 0.142. The lowest BCUT2D eigenvalue weighted by Crippen LogP contribution is -1.49. The van der Waals surface area contributed by atoms with Gasteiger partial charge < -0.3 is 0 Å². The number of hydrogen-bond donors (Lipinski definition) is 0. The Balaban J connectivity index is 0. The van der Waals surface area contributed by atoms with Crippen LogP contribution in [0.2, 0.25) is 0 Å². The van der Waals surface area contributed by atoms with E-state index in [0.29, 0.717) is 5.88 Å². The highest BCUT2D eigenvalue weighted by atomic mass is 35.5. The first-order valence-electron chi connectivity index (χ1n) is 1.33. The summed E-state index contributed by atoms with van der Waals surface area (Å²) >= 11 is 4.89. The third kappa shape index (κ3) is 15800. The van der Waals surface area contributed by atoms with Crippen molar-refractivity contribution in [3.63, 3.8) is 0 Å². The van der Waals surface area contributed by atoms with Crippen LogP contribution in [0.1, 0.15) is 0 Å². The van der Waals surface area contributed by atoms with Crippen molar-refractivity contribution in [1.82, 2.24) is 0 Å². The Morgan fingerprint density at radius 1 is 1.43 bits per heavy atom. The summed E-state index contributed by atoms with van der Waals surface area (Å²) in [5.74, 6) is 0.472. The maximum absolute atomic E-state index is 9.58. The molecule has 0 amide bonds. The zero-order valence-electron chi connectivity index (χ0n) is 3.43. The maximum atomic E-state index is 9.58. The fraction of sp³-hybridized carbons (Fsp3) is 0.333. The van der Waals surface area contributed by atoms with Gasteiger partial charge in [-0.2, -0.15) is 13.2 Å². The average Bonchev–Trinajstić information content (AvgIpc) is 1.33. The van der Waals surface area contributed by atoms with Gasteiger partial charge in [0.05, 0.1) is 0 Å². The van der Waals surface area contributed by atoms with Crippen molar-refractivity contribution < 1.29 is 13.2 Å². The quantitative estimate of drug-likeness (QED) is 0.444. The highest BCUT2D eigenvalue weighted by Gasteiger charge is 1.93. The van der Waals surface area contributed by atoms with Gasteiger partial charge in [0, 0.05) is 5.88 Å². The minimum Gasteiger partial charge on any atom is -0.162 e. The van der Waals surface area contributed by atoms with Gasteiger partial charge in [-0.05, 0) is 6.92 Å². The van der Waals surface area contributed by atoms with Crippen molar-refractivity contribution in [3.8, 4) is 0 Å². The van der Waals surface area contributed by atoms with Crippen LogP contribution in [0.5, 0.6) is 0 Å². The predicted octanol–water partition coefficient (Wildman–Crippen LogP) is 2.40. The maximum Gasteiger partial charge on any atom is 0.487 e. The molecule has 0 aliphatic heterocycles. The van der Waals surface area contributed by atoms with Crippen LogP contribution in [0.15, 0.2) is 0 Å². The molecule has 0 aromatic carbocycles. The van der Waals surface area contributed by atoms with Crippen LogP contribution in [0.4, 0.5) is 13.2 Å². The molecule has 0 atom stereocenters. The summed E-state index contributed by atoms with van der Waals surface area (Å²) in [4.78, 5) is 0. The van der Waals surface area contributed by atoms with Gasteiger partial charge in [0.2, 0.25) is 0 Å². The summed E-state index contributed by atoms with van der Waals surface area (Å²) in [6.45, 7) is 0.168. The van der Waals surface area contributed by atoms with E-state index in [1.165, 1.54) is 0 Å². The molecule has 0 aromatic heterocycles. The van der Waals surface area contributed by atoms with Crippen molar-refractivity contribution in [2.45, 2.75) is 0 Å². The minimum atomic E-state index is -3.08. The van der Waals surface area contributed by atoms with Gasteiger partial charge in [-0.25, -0.2) is 0 Å². The molecule has 0 aliphatic rings. The summed E-state index contributed by atoms with van der Waals surface area (Å²) < 4.78 is 28.8. The fourth-order valence-electron chi connectivity index (χ4n) is 0. The molecule has 0 unspecified atom stereocenters. The summed E-state index contributed by atoms with van der Waals surface area (Å²) in [6, 6.07) is 0. The number of halogens is 4. The minimum absolute atomic E-state index is 0.472. The SMILES string of the molecule is F[C](F)F.[CH2]CCl. The van der Waals surface area contributed by atoms with E-state index in [9.17, 15) is 13.2 Å². The van der Waals surface area contributed by atoms with Crippen LogP contribution < -0.4 is 0 Å². The molecule has 0 aliphatic carbocycles. The van der Waals surface area contributed by atoms with E-state index < -0.39 is 6.68 Å². The lowest BCUT2D eigenvalue weighted by Gasteiger charge is -1.60. The Bertz CT molecular complexity index is 21.4. The van der Waals surface area contributed by atoms with Gasteiger partial charge in [-0.15, -0.1) is 11.6 Å². The molecule has 0 N–H and O–H groups in total. The van der Waals surface area contributed by atoms with Gasteiger partial charge >= 0.3 is 6.68 Å². The van der Waals surface area contributed by atoms with Crippen LogP contribution in [0, 0.1) is 13.6 Å². The molecule has 0 saturated carbocycles. The summed E-state index contributed by atoms with van der Waals surface area (Å²) in [7, 11) is 0. The van der Waals surface area contributed by atoms with E-state index in [1.54, 1.807) is 0 Å². The first kappa shape index (κ1) is 10.1. The Morgan fingerprint density at radius 3 is 1.43 bits per heavy atom. The van der Waals surface area contributed by atoms with Crippen molar-refractivity contribution in [2.75, 3.05) is 5.88 Å². The number of rotatable bonds is 0. The second kappa shape index (κ2) is 9.43. The molecule has 7 heavy (non-hydrogen) atoms. The summed E-state index contributed by atoms with van der Waals surface area (Å²) in [6.07, 6.45) is 0. The zero-order valence-corrected chi connectivity index (χ0v) is 4.18. The standard InChI is InChI=1S/C2H4Cl.CF3/c1-2-3;2-1(3)4/h1-2H2;. The first-order valence-corrected chi connectivity index (χ1v) is 1.87. The van der Waals surface area contributed by atoms with Crippen LogP contribution in [-0.4, -0.2) is 5.88 Å². The van der Waals surface area contributed by atoms with Crippen LogP contribution >= 0.6 is 11.6 Å². The second-order valence-corrected chi connectivity index (χ2v) is 0.781. The fourth-order valence-corrected chi connectivity index (χ4v) is 0. The first-order chi connectivity index (χ1) is 3.15. The predicted molar refractivity (Wildman–Crippen MR) is 22.6 cm³/mol. The zero-order chi connectivity index (χ0) is 6.28. The van der Waals surface area contributed by atoms with Gasteiger partial charge in [0.1, 0.15) is 0 Å². The van der Waals surface area contributed by atoms with Crippen LogP contribution in [0.25, 0.3) is 0 Å². The molecule has 0 fully saturated rings. The molecule has 0 rings (SSSR count). The highest BCUT2D eigenvalue weighted by Crippen LogP contribution is 1.99. The molecule has 0 spiro atoms. The van der Waals surface area contributed by atoms with E-state index in [4.69, 9.17) is 11.6 Å². The van der Waals surface area contributed by atoms with E-state index >= 15 is 0 Å². The molecular formula is C3H4ClF3. The van der Waals surface area contributed by atoms with Gasteiger partial charge in [0.15, 0.2) is 0 Å². The largest absolute Gasteiger partial charge is 0.487 e. The van der Waals surface area contributed by atoms with E-state index in [2.05, 4.69) is 6.92 Å². The average molecular weight is 133 g/mol. The molecule has 0 heterocycles. The van der Waals surface area contributed by atoms with Crippen molar-refractivity contribution >= 4 is 11.6 Å². The summed E-state index contributed by atoms with van der Waals surface area (Å²) in [5, 5.41) is 0. The topological polar surface area (TPSA) is 0 Å². The lowest BCUT2D eigenvalue weighted by atomic mass is 11.0. The Morgan fingerprint density at radius 2 is 1.43 bits per heavy atom. The molecule has 2 radical (unpaired) electrons. The second-order valence-electron chi connectivity index (χ2n) is 0.403. The van der Waals surface area contributed by atoms with E-state index in [-0.39, 0.29) is 0 Å². The Hall–Kier alpha value is 0.0800. The smallest absolute Gasteiger partial charge is 0.162 e. The van der Waals surface area contributed by atoms with Crippen LogP contribution in [0.3, 0.4) is 0 Å². The Labute approximate surface area is 45.3 Å². The van der Waals surface area contributed by atoms with E-state index in [1.807, 2.05) is 0 Å². The summed E-state index contributed by atoms with van der Waals surface area (Å²) in [5.41, 5.74) is 0. The molecule has 0 nitrogen and oxygen atoms in total. The van der Waals surface area contributed by atoms with Crippen molar-refractivity contribution in [2.24, 2.45) is 0 Å². The monoisotopic (exact) mass is 132 g/mol. The van der Waals surface area contributed by atoms with Gasteiger partial charge in [-0.1, -0.05) is 0 Å². The van der Waals surface area contributed by atoms with Gasteiger partial charge in [0.25, 0.3) is 0 Å². The molecule has 0 saturated heterocycles. The number of alkyl halides is 1. The molecule has 0 bridgehead atoms. The van der Waals surface area contributed by atoms with Crippen molar-refractivity contribution in [1.29, 1.82) is 0 Å². The molecule has 0 aromatic rings. The third-order valence-corrected chi connectivity index (χ3v) is 0. The molecule has 44 valence electrons. The normalized spacial score (nSPS) is 7.71. The number of hydrogen-bond acceptors (Lipinski definition) is 0. The van der Waals surface area contributed by atoms with E-state index in [0.717, 1.165) is 0 Å². The third-order valence-electron chi connectivity index (χ3n) is 0. The van der Waals surface area contributed by atoms with Crippen molar-refractivity contribution in [3.05, 3.63) is 13.6 Å². The highest BCUT2D eigenvalue weighted by molar-refractivity contribution is 6.18. The molecule has 4 heteroatoms. The Kier molecular flexibility index (Phi) is 13.7. The van der Waals surface area contributed by atoms with Gasteiger partial charge in [-0.3, -0.25) is 0 Å². The molecular weight excluding hydrogens is 128 g/mol.